The lowest BCUT2D eigenvalue weighted by Crippen LogP contribution is -2.09. The molecule has 1 heterocycles. The maximum atomic E-state index is 11.3. The Hall–Kier alpha value is -2.58. The van der Waals surface area contributed by atoms with Gasteiger partial charge in [0.25, 0.3) is 0 Å². The molecule has 0 saturated carbocycles. The molecule has 3 rings (SSSR count). The van der Waals surface area contributed by atoms with E-state index in [0.29, 0.717) is 12.3 Å². The van der Waals surface area contributed by atoms with E-state index in [0.717, 1.165) is 40.5 Å². The Morgan fingerprint density at radius 2 is 1.85 bits per heavy atom. The zero-order valence-electron chi connectivity index (χ0n) is 15.1. The third-order valence-electron chi connectivity index (χ3n) is 3.58. The van der Waals surface area contributed by atoms with Crippen molar-refractivity contribution < 1.29 is 13.2 Å². The van der Waals surface area contributed by atoms with E-state index in [1.807, 2.05) is 41.8 Å². The third-order valence-corrected chi connectivity index (χ3v) is 4.94. The van der Waals surface area contributed by atoms with Gasteiger partial charge in [0, 0.05) is 16.6 Å². The summed E-state index contributed by atoms with van der Waals surface area (Å²) in [6.07, 6.45) is 2.07. The second kappa shape index (κ2) is 8.41. The summed E-state index contributed by atoms with van der Waals surface area (Å²) >= 11 is 1.50. The minimum atomic E-state index is -3.28. The van der Waals surface area contributed by atoms with E-state index >= 15 is 0 Å². The molecule has 1 aromatic heterocycles. The SMILES string of the molecule is CCCOc1ccccc1Nc1nc(-c2ccc(NS(C)(=O)=O)cc2)cs1. The van der Waals surface area contributed by atoms with Crippen LogP contribution in [-0.4, -0.2) is 26.3 Å². The third kappa shape index (κ3) is 5.45. The van der Waals surface area contributed by atoms with Gasteiger partial charge in [-0.1, -0.05) is 31.2 Å². The first kappa shape index (κ1) is 19.2. The van der Waals surface area contributed by atoms with Gasteiger partial charge in [0.05, 0.1) is 24.2 Å². The molecule has 0 amide bonds. The second-order valence-electron chi connectivity index (χ2n) is 5.96. The summed E-state index contributed by atoms with van der Waals surface area (Å²) in [6.45, 7) is 2.73. The monoisotopic (exact) mass is 403 g/mol. The molecule has 0 fully saturated rings. The Bertz CT molecular complexity index is 999. The van der Waals surface area contributed by atoms with E-state index in [2.05, 4.69) is 21.9 Å². The van der Waals surface area contributed by atoms with Crippen LogP contribution in [0.5, 0.6) is 5.75 Å². The Balaban J connectivity index is 1.74. The first-order valence-electron chi connectivity index (χ1n) is 8.47. The highest BCUT2D eigenvalue weighted by molar-refractivity contribution is 7.92. The van der Waals surface area contributed by atoms with E-state index in [4.69, 9.17) is 4.74 Å². The van der Waals surface area contributed by atoms with E-state index < -0.39 is 10.0 Å². The van der Waals surface area contributed by atoms with Crippen LogP contribution in [0.25, 0.3) is 11.3 Å². The Labute approximate surface area is 163 Å². The lowest BCUT2D eigenvalue weighted by atomic mass is 10.1. The van der Waals surface area contributed by atoms with E-state index in [9.17, 15) is 8.42 Å². The fourth-order valence-corrected chi connectivity index (χ4v) is 3.71. The molecule has 2 aromatic carbocycles. The van der Waals surface area contributed by atoms with Crippen LogP contribution in [0.15, 0.2) is 53.9 Å². The minimum Gasteiger partial charge on any atom is -0.491 e. The summed E-state index contributed by atoms with van der Waals surface area (Å²) in [5.74, 6) is 0.798. The number of hydrogen-bond acceptors (Lipinski definition) is 6. The summed E-state index contributed by atoms with van der Waals surface area (Å²) < 4.78 is 30.8. The van der Waals surface area contributed by atoms with Crippen molar-refractivity contribution in [3.8, 4) is 17.0 Å². The van der Waals surface area contributed by atoms with Gasteiger partial charge in [0.1, 0.15) is 5.75 Å². The van der Waals surface area contributed by atoms with Gasteiger partial charge in [-0.15, -0.1) is 11.3 Å². The number of ether oxygens (including phenoxy) is 1. The minimum absolute atomic E-state index is 0.525. The van der Waals surface area contributed by atoms with Crippen LogP contribution in [-0.2, 0) is 10.0 Å². The molecule has 0 bridgehead atoms. The number of rotatable bonds is 8. The van der Waals surface area contributed by atoms with Gasteiger partial charge in [-0.3, -0.25) is 4.72 Å². The zero-order valence-corrected chi connectivity index (χ0v) is 16.7. The largest absolute Gasteiger partial charge is 0.491 e. The number of nitrogens with zero attached hydrogens (tertiary/aromatic N) is 1. The molecule has 27 heavy (non-hydrogen) atoms. The fourth-order valence-electron chi connectivity index (χ4n) is 2.41. The van der Waals surface area contributed by atoms with E-state index in [-0.39, 0.29) is 0 Å². The maximum absolute atomic E-state index is 11.3. The van der Waals surface area contributed by atoms with E-state index in [1.165, 1.54) is 11.3 Å². The van der Waals surface area contributed by atoms with Gasteiger partial charge >= 0.3 is 0 Å². The molecule has 0 unspecified atom stereocenters. The molecule has 0 aliphatic carbocycles. The lowest BCUT2D eigenvalue weighted by Gasteiger charge is -2.10. The van der Waals surface area contributed by atoms with Crippen LogP contribution >= 0.6 is 11.3 Å². The average Bonchev–Trinajstić information content (AvgIpc) is 3.09. The zero-order chi connectivity index (χ0) is 19.3. The molecule has 3 aromatic rings. The van der Waals surface area contributed by atoms with E-state index in [1.54, 1.807) is 12.1 Å². The van der Waals surface area contributed by atoms with Gasteiger partial charge in [-0.25, -0.2) is 13.4 Å². The van der Waals surface area contributed by atoms with Gasteiger partial charge in [0.2, 0.25) is 10.0 Å². The topological polar surface area (TPSA) is 80.3 Å². The smallest absolute Gasteiger partial charge is 0.229 e. The van der Waals surface area contributed by atoms with Gasteiger partial charge < -0.3 is 10.1 Å². The van der Waals surface area contributed by atoms with Crippen LogP contribution < -0.4 is 14.8 Å². The second-order valence-corrected chi connectivity index (χ2v) is 8.57. The highest BCUT2D eigenvalue weighted by Crippen LogP contribution is 2.31. The quantitative estimate of drug-likeness (QED) is 0.569. The first-order chi connectivity index (χ1) is 12.9. The number of benzene rings is 2. The maximum Gasteiger partial charge on any atom is 0.229 e. The summed E-state index contributed by atoms with van der Waals surface area (Å²) in [7, 11) is -3.28. The molecule has 2 N–H and O–H groups in total. The Morgan fingerprint density at radius 3 is 2.56 bits per heavy atom. The number of para-hydroxylation sites is 2. The van der Waals surface area contributed by atoms with Crippen LogP contribution in [0.1, 0.15) is 13.3 Å². The Kier molecular flexibility index (Phi) is 5.98. The summed E-state index contributed by atoms with van der Waals surface area (Å²) in [5, 5.41) is 6.02. The Morgan fingerprint density at radius 1 is 1.11 bits per heavy atom. The first-order valence-corrected chi connectivity index (χ1v) is 11.2. The van der Waals surface area contributed by atoms with Crippen molar-refractivity contribution in [3.63, 3.8) is 0 Å². The van der Waals surface area contributed by atoms with Crippen LogP contribution in [0.3, 0.4) is 0 Å². The van der Waals surface area contributed by atoms with Crippen molar-refractivity contribution in [3.05, 3.63) is 53.9 Å². The molecule has 0 spiro atoms. The molecule has 0 atom stereocenters. The number of aromatic nitrogens is 1. The molecule has 8 heteroatoms. The van der Waals surface area contributed by atoms with Crippen molar-refractivity contribution in [2.75, 3.05) is 22.9 Å². The summed E-state index contributed by atoms with van der Waals surface area (Å²) in [4.78, 5) is 4.61. The average molecular weight is 404 g/mol. The van der Waals surface area contributed by atoms with Crippen molar-refractivity contribution in [1.82, 2.24) is 4.98 Å². The number of hydrogen-bond donors (Lipinski definition) is 2. The van der Waals surface area contributed by atoms with Crippen LogP contribution in [0.2, 0.25) is 0 Å². The molecule has 6 nitrogen and oxygen atoms in total. The van der Waals surface area contributed by atoms with Gasteiger partial charge in [0.15, 0.2) is 5.13 Å². The molecular formula is C19H21N3O3S2. The lowest BCUT2D eigenvalue weighted by molar-refractivity contribution is 0.319. The molecule has 142 valence electrons. The predicted molar refractivity (Wildman–Crippen MR) is 112 cm³/mol. The fraction of sp³-hybridized carbons (Fsp3) is 0.211. The number of sulfonamides is 1. The van der Waals surface area contributed by atoms with Gasteiger partial charge in [-0.2, -0.15) is 0 Å². The molecule has 0 saturated heterocycles. The number of thiazole rings is 1. The summed E-state index contributed by atoms with van der Waals surface area (Å²) in [6, 6.07) is 14.9. The van der Waals surface area contributed by atoms with Crippen LogP contribution in [0, 0.1) is 0 Å². The van der Waals surface area contributed by atoms with Crippen molar-refractivity contribution in [2.45, 2.75) is 13.3 Å². The van der Waals surface area contributed by atoms with Gasteiger partial charge in [-0.05, 0) is 30.7 Å². The van der Waals surface area contributed by atoms with Crippen molar-refractivity contribution in [1.29, 1.82) is 0 Å². The highest BCUT2D eigenvalue weighted by Gasteiger charge is 2.09. The normalized spacial score (nSPS) is 11.2. The van der Waals surface area contributed by atoms with Crippen LogP contribution in [0.4, 0.5) is 16.5 Å². The molecular weight excluding hydrogens is 382 g/mol. The molecule has 0 radical (unpaired) electrons. The molecule has 0 aliphatic rings. The predicted octanol–water partition coefficient (Wildman–Crippen LogP) is 4.71. The van der Waals surface area contributed by atoms with Crippen molar-refractivity contribution in [2.24, 2.45) is 0 Å². The number of nitrogens with one attached hydrogen (secondary N) is 2. The van der Waals surface area contributed by atoms with Crippen molar-refractivity contribution >= 4 is 37.9 Å². The summed E-state index contributed by atoms with van der Waals surface area (Å²) in [5.41, 5.74) is 3.13. The molecule has 0 aliphatic heterocycles. The highest BCUT2D eigenvalue weighted by atomic mass is 32.2. The standard InChI is InChI=1S/C19H21N3O3S2/c1-3-12-25-18-7-5-4-6-16(18)20-19-21-17(13-26-19)14-8-10-15(11-9-14)22-27(2,23)24/h4-11,13,22H,3,12H2,1-2H3,(H,20,21). The number of anilines is 3.